The van der Waals surface area contributed by atoms with Gasteiger partial charge >= 0.3 is 0 Å². The fraction of sp³-hybridized carbons (Fsp3) is 0.619. The summed E-state index contributed by atoms with van der Waals surface area (Å²) >= 11 is 0. The van der Waals surface area contributed by atoms with E-state index in [1.165, 1.54) is 9.88 Å². The lowest BCUT2D eigenvalue weighted by Gasteiger charge is -2.37. The van der Waals surface area contributed by atoms with E-state index in [-0.39, 0.29) is 23.5 Å². The zero-order valence-corrected chi connectivity index (χ0v) is 18.1. The van der Waals surface area contributed by atoms with Crippen molar-refractivity contribution in [2.45, 2.75) is 50.2 Å². The second-order valence-electron chi connectivity index (χ2n) is 8.29. The van der Waals surface area contributed by atoms with Gasteiger partial charge in [0.2, 0.25) is 10.0 Å². The summed E-state index contributed by atoms with van der Waals surface area (Å²) in [4.78, 5) is 2.24. The highest BCUT2D eigenvalue weighted by Crippen LogP contribution is 2.37. The van der Waals surface area contributed by atoms with E-state index in [4.69, 9.17) is 4.74 Å². The number of hydrogen-bond donors (Lipinski definition) is 1. The van der Waals surface area contributed by atoms with Crippen molar-refractivity contribution < 1.29 is 18.3 Å². The van der Waals surface area contributed by atoms with E-state index in [1.54, 1.807) is 13.0 Å². The van der Waals surface area contributed by atoms with E-state index in [2.05, 4.69) is 11.0 Å². The van der Waals surface area contributed by atoms with Crippen LogP contribution < -0.4 is 4.74 Å². The average Bonchev–Trinajstić information content (AvgIpc) is 3.18. The Labute approximate surface area is 168 Å². The lowest BCUT2D eigenvalue weighted by atomic mass is 10.0. The first-order chi connectivity index (χ1) is 13.2. The predicted octanol–water partition coefficient (Wildman–Crippen LogP) is 2.58. The van der Waals surface area contributed by atoms with Crippen LogP contribution in [0.5, 0.6) is 5.75 Å². The van der Waals surface area contributed by atoms with Crippen LogP contribution in [0, 0.1) is 5.92 Å². The van der Waals surface area contributed by atoms with Crippen molar-refractivity contribution >= 4 is 15.6 Å². The minimum Gasteiger partial charge on any atom is -0.487 e. The Kier molecular flexibility index (Phi) is 6.49. The van der Waals surface area contributed by atoms with Crippen LogP contribution in [0.4, 0.5) is 0 Å². The molecule has 1 aromatic rings. The first kappa shape index (κ1) is 21.3. The molecule has 0 spiro atoms. The first-order valence-corrected chi connectivity index (χ1v) is 11.5. The number of nitrogens with zero attached hydrogens (tertiary/aromatic N) is 2. The van der Waals surface area contributed by atoms with Crippen molar-refractivity contribution in [3.05, 3.63) is 29.8 Å². The molecule has 3 rings (SSSR count). The summed E-state index contributed by atoms with van der Waals surface area (Å²) in [5.41, 5.74) is 2.29. The fourth-order valence-electron chi connectivity index (χ4n) is 3.94. The van der Waals surface area contributed by atoms with Gasteiger partial charge in [-0.15, -0.1) is 0 Å². The van der Waals surface area contributed by atoms with Gasteiger partial charge in [-0.1, -0.05) is 19.1 Å². The summed E-state index contributed by atoms with van der Waals surface area (Å²) in [6.07, 6.45) is 5.28. The highest BCUT2D eigenvalue weighted by Gasteiger charge is 2.38. The smallest absolute Gasteiger partial charge is 0.247 e. The third-order valence-electron chi connectivity index (χ3n) is 5.62. The van der Waals surface area contributed by atoms with Crippen molar-refractivity contribution in [1.82, 2.24) is 9.21 Å². The Bertz CT molecular complexity index is 835. The molecule has 0 aromatic heterocycles. The summed E-state index contributed by atoms with van der Waals surface area (Å²) in [5, 5.41) is 9.66. The number of allylic oxidation sites excluding steroid dienone is 2. The molecule has 1 aliphatic carbocycles. The lowest BCUT2D eigenvalue weighted by molar-refractivity contribution is 0.0812. The molecule has 0 saturated heterocycles. The van der Waals surface area contributed by atoms with E-state index in [1.807, 2.05) is 33.2 Å². The molecule has 0 bridgehead atoms. The Morgan fingerprint density at radius 3 is 2.71 bits per heavy atom. The van der Waals surface area contributed by atoms with Gasteiger partial charge in [-0.25, -0.2) is 8.42 Å². The molecule has 1 aliphatic heterocycles. The van der Waals surface area contributed by atoms with Crippen molar-refractivity contribution in [1.29, 1.82) is 0 Å². The van der Waals surface area contributed by atoms with Gasteiger partial charge < -0.3 is 14.7 Å². The molecule has 1 heterocycles. The maximum atomic E-state index is 13.4. The monoisotopic (exact) mass is 408 g/mol. The number of hydrogen-bond acceptors (Lipinski definition) is 5. The Morgan fingerprint density at radius 2 is 2.11 bits per heavy atom. The second kappa shape index (κ2) is 8.53. The number of likely N-dealkylation sites (N-methyl/N-ethyl adjacent to an activating group) is 1. The third kappa shape index (κ3) is 4.27. The lowest BCUT2D eigenvalue weighted by Crippen LogP contribution is -2.49. The van der Waals surface area contributed by atoms with Crippen LogP contribution in [-0.4, -0.2) is 68.7 Å². The van der Waals surface area contributed by atoms with Crippen LogP contribution in [0.1, 0.15) is 38.7 Å². The second-order valence-corrected chi connectivity index (χ2v) is 10.1. The van der Waals surface area contributed by atoms with Gasteiger partial charge in [0.25, 0.3) is 0 Å². The van der Waals surface area contributed by atoms with Gasteiger partial charge in [0, 0.05) is 25.0 Å². The molecule has 0 saturated carbocycles. The molecule has 0 radical (unpaired) electrons. The normalized spacial score (nSPS) is 26.1. The minimum absolute atomic E-state index is 0.0197. The molecule has 156 valence electrons. The summed E-state index contributed by atoms with van der Waals surface area (Å²) in [7, 11) is 0.209. The molecule has 6 nitrogen and oxygen atoms in total. The van der Waals surface area contributed by atoms with E-state index in [0.29, 0.717) is 18.8 Å². The van der Waals surface area contributed by atoms with Crippen LogP contribution in [-0.2, 0) is 10.0 Å². The average molecular weight is 409 g/mol. The molecule has 0 amide bonds. The van der Waals surface area contributed by atoms with Gasteiger partial charge in [-0.2, -0.15) is 4.31 Å². The maximum Gasteiger partial charge on any atom is 0.247 e. The zero-order chi connectivity index (χ0) is 20.5. The first-order valence-electron chi connectivity index (χ1n) is 10.0. The van der Waals surface area contributed by atoms with Gasteiger partial charge in [-0.3, -0.25) is 0 Å². The van der Waals surface area contributed by atoms with E-state index in [9.17, 15) is 13.5 Å². The largest absolute Gasteiger partial charge is 0.487 e. The molecule has 1 N–H and O–H groups in total. The molecule has 2 aliphatic rings. The van der Waals surface area contributed by atoms with Crippen molar-refractivity contribution in [3.8, 4) is 5.75 Å². The van der Waals surface area contributed by atoms with Crippen LogP contribution >= 0.6 is 0 Å². The fourth-order valence-corrected chi connectivity index (χ4v) is 5.76. The topological polar surface area (TPSA) is 70.1 Å². The predicted molar refractivity (Wildman–Crippen MR) is 111 cm³/mol. The number of rotatable bonds is 5. The number of sulfonamides is 1. The molecule has 28 heavy (non-hydrogen) atoms. The van der Waals surface area contributed by atoms with Crippen molar-refractivity contribution in [2.75, 3.05) is 33.8 Å². The van der Waals surface area contributed by atoms with E-state index in [0.717, 1.165) is 24.8 Å². The van der Waals surface area contributed by atoms with Crippen LogP contribution in [0.2, 0.25) is 0 Å². The standard InChI is InChI=1S/C21H32N2O4S/c1-15-12-23(16(2)14-24)28(25,26)21-10-9-18(17-7-5-6-8-17)11-19(21)27-20(15)13-22(3)4/h7,9-11,15-16,20,24H,5-6,8,12-14H2,1-4H3/t15-,16+,20+/m0/s1. The number of benzene rings is 1. The molecule has 3 atom stereocenters. The van der Waals surface area contributed by atoms with Gasteiger partial charge in [0.15, 0.2) is 0 Å². The zero-order valence-electron chi connectivity index (χ0n) is 17.3. The summed E-state index contributed by atoms with van der Waals surface area (Å²) in [6.45, 7) is 4.54. The van der Waals surface area contributed by atoms with Gasteiger partial charge in [-0.05, 0) is 63.6 Å². The quantitative estimate of drug-likeness (QED) is 0.811. The molecule has 7 heteroatoms. The van der Waals surface area contributed by atoms with Crippen LogP contribution in [0.25, 0.3) is 5.57 Å². The molecule has 1 aromatic carbocycles. The number of ether oxygens (including phenoxy) is 1. The number of fused-ring (bicyclic) bond motifs is 1. The third-order valence-corrected chi connectivity index (χ3v) is 7.64. The highest BCUT2D eigenvalue weighted by atomic mass is 32.2. The van der Waals surface area contributed by atoms with E-state index < -0.39 is 16.1 Å². The molecule has 0 fully saturated rings. The van der Waals surface area contributed by atoms with Gasteiger partial charge in [0.1, 0.15) is 16.7 Å². The summed E-state index contributed by atoms with van der Waals surface area (Å²) in [5.74, 6) is 0.396. The highest BCUT2D eigenvalue weighted by molar-refractivity contribution is 7.89. The molecular weight excluding hydrogens is 376 g/mol. The van der Waals surface area contributed by atoms with E-state index >= 15 is 0 Å². The van der Waals surface area contributed by atoms with Crippen LogP contribution in [0.3, 0.4) is 0 Å². The Morgan fingerprint density at radius 1 is 1.36 bits per heavy atom. The Balaban J connectivity index is 2.11. The molecule has 0 unspecified atom stereocenters. The minimum atomic E-state index is -3.76. The summed E-state index contributed by atoms with van der Waals surface area (Å²) in [6, 6.07) is 4.94. The SMILES string of the molecule is C[C@H](CO)N1C[C@H](C)[C@@H](CN(C)C)Oc2cc(C3=CCCC3)ccc2S1(=O)=O. The van der Waals surface area contributed by atoms with Crippen LogP contribution in [0.15, 0.2) is 29.2 Å². The maximum absolute atomic E-state index is 13.4. The van der Waals surface area contributed by atoms with Gasteiger partial charge in [0.05, 0.1) is 6.61 Å². The summed E-state index contributed by atoms with van der Waals surface area (Å²) < 4.78 is 34.5. The Hall–Kier alpha value is -1.41. The number of aliphatic hydroxyl groups is 1. The van der Waals surface area contributed by atoms with Crippen molar-refractivity contribution in [2.24, 2.45) is 5.92 Å². The number of aliphatic hydroxyl groups excluding tert-OH is 1. The molecular formula is C21H32N2O4S. The van der Waals surface area contributed by atoms with Crippen molar-refractivity contribution in [3.63, 3.8) is 0 Å².